The molecule has 1 aliphatic heterocycles. The molecule has 8 nitrogen and oxygen atoms in total. The highest BCUT2D eigenvalue weighted by atomic mass is 16.5. The van der Waals surface area contributed by atoms with Crippen LogP contribution in [0.5, 0.6) is 5.88 Å². The van der Waals surface area contributed by atoms with Gasteiger partial charge in [-0.1, -0.05) is 42.5 Å². The minimum atomic E-state index is -0.417. The molecule has 1 fully saturated rings. The Bertz CT molecular complexity index is 1120. The van der Waals surface area contributed by atoms with Crippen LogP contribution >= 0.6 is 0 Å². The first-order valence-electron chi connectivity index (χ1n) is 10.2. The molecule has 0 aliphatic carbocycles. The average Bonchev–Trinajstić information content (AvgIpc) is 3.12. The van der Waals surface area contributed by atoms with Crippen molar-refractivity contribution in [1.29, 1.82) is 0 Å². The average molecular weight is 430 g/mol. The van der Waals surface area contributed by atoms with Gasteiger partial charge in [0.05, 0.1) is 18.7 Å². The normalized spacial score (nSPS) is 14.1. The molecule has 4 rings (SSSR count). The van der Waals surface area contributed by atoms with Gasteiger partial charge in [0, 0.05) is 18.0 Å². The molecule has 0 saturated carbocycles. The molecular formula is C24H22N4O4. The lowest BCUT2D eigenvalue weighted by Gasteiger charge is -2.14. The molecule has 0 bridgehead atoms. The molecule has 3 aromatic rings. The number of carbonyl (C=O) groups is 3. The Morgan fingerprint density at radius 3 is 2.62 bits per heavy atom. The monoisotopic (exact) mass is 430 g/mol. The van der Waals surface area contributed by atoms with E-state index in [1.165, 1.54) is 6.20 Å². The third kappa shape index (κ3) is 4.92. The highest BCUT2D eigenvalue weighted by Gasteiger charge is 2.28. The number of pyridine rings is 1. The molecular weight excluding hydrogens is 408 g/mol. The lowest BCUT2D eigenvalue weighted by Crippen LogP contribution is -2.30. The molecule has 162 valence electrons. The van der Waals surface area contributed by atoms with Crippen LogP contribution in [0.1, 0.15) is 34.5 Å². The summed E-state index contributed by atoms with van der Waals surface area (Å²) < 4.78 is 5.84. The van der Waals surface area contributed by atoms with E-state index in [-0.39, 0.29) is 31.0 Å². The minimum absolute atomic E-state index is 0.00605. The molecule has 2 N–H and O–H groups in total. The first-order chi connectivity index (χ1) is 15.5. The number of hydrogen-bond acceptors (Lipinski definition) is 5. The molecule has 1 aromatic heterocycles. The highest BCUT2D eigenvalue weighted by molar-refractivity contribution is 6.04. The molecule has 0 radical (unpaired) electrons. The van der Waals surface area contributed by atoms with Crippen LogP contribution in [-0.4, -0.2) is 34.3 Å². The van der Waals surface area contributed by atoms with Gasteiger partial charge in [0.15, 0.2) is 0 Å². The predicted molar refractivity (Wildman–Crippen MR) is 118 cm³/mol. The van der Waals surface area contributed by atoms with E-state index in [0.29, 0.717) is 17.1 Å². The van der Waals surface area contributed by atoms with Gasteiger partial charge in [0.1, 0.15) is 6.10 Å². The third-order valence-corrected chi connectivity index (χ3v) is 5.03. The molecule has 2 aromatic carbocycles. The van der Waals surface area contributed by atoms with Gasteiger partial charge >= 0.3 is 6.03 Å². The molecule has 8 heteroatoms. The zero-order valence-corrected chi connectivity index (χ0v) is 17.4. The topological polar surface area (TPSA) is 101 Å². The van der Waals surface area contributed by atoms with Crippen LogP contribution < -0.4 is 15.4 Å². The first kappa shape index (κ1) is 21.0. The summed E-state index contributed by atoms with van der Waals surface area (Å²) in [5.74, 6) is -0.180. The summed E-state index contributed by atoms with van der Waals surface area (Å²) in [5, 5.41) is 5.29. The summed E-state index contributed by atoms with van der Waals surface area (Å²) in [6, 6.07) is 19.7. The zero-order chi connectivity index (χ0) is 22.5. The number of ether oxygens (including phenoxy) is 1. The number of benzene rings is 2. The molecule has 1 saturated heterocycles. The fourth-order valence-electron chi connectivity index (χ4n) is 3.31. The van der Waals surface area contributed by atoms with Gasteiger partial charge < -0.3 is 15.4 Å². The second-order valence-corrected chi connectivity index (χ2v) is 7.35. The number of aromatic nitrogens is 1. The van der Waals surface area contributed by atoms with Gasteiger partial charge in [-0.2, -0.15) is 0 Å². The number of carbonyl (C=O) groups excluding carboxylic acids is 3. The van der Waals surface area contributed by atoms with E-state index in [0.717, 1.165) is 16.0 Å². The Balaban J connectivity index is 1.37. The number of nitrogens with zero attached hydrogens (tertiary/aromatic N) is 2. The third-order valence-electron chi connectivity index (χ3n) is 5.03. The van der Waals surface area contributed by atoms with E-state index in [9.17, 15) is 14.4 Å². The second kappa shape index (κ2) is 9.30. The van der Waals surface area contributed by atoms with Gasteiger partial charge in [-0.25, -0.2) is 9.78 Å². The summed E-state index contributed by atoms with van der Waals surface area (Å²) >= 11 is 0. The number of rotatable bonds is 7. The molecule has 32 heavy (non-hydrogen) atoms. The number of nitrogens with one attached hydrogen (secondary N) is 2. The largest absolute Gasteiger partial charge is 0.470 e. The van der Waals surface area contributed by atoms with Crippen molar-refractivity contribution in [2.45, 2.75) is 19.6 Å². The van der Waals surface area contributed by atoms with Crippen molar-refractivity contribution in [2.24, 2.45) is 0 Å². The van der Waals surface area contributed by atoms with Gasteiger partial charge in [-0.3, -0.25) is 14.5 Å². The van der Waals surface area contributed by atoms with E-state index in [4.69, 9.17) is 4.74 Å². The van der Waals surface area contributed by atoms with Crippen molar-refractivity contribution < 1.29 is 19.1 Å². The van der Waals surface area contributed by atoms with Crippen molar-refractivity contribution in [2.75, 3.05) is 11.9 Å². The van der Waals surface area contributed by atoms with E-state index in [1.807, 2.05) is 37.3 Å². The van der Waals surface area contributed by atoms with Gasteiger partial charge in [0.25, 0.3) is 5.91 Å². The quantitative estimate of drug-likeness (QED) is 0.559. The lowest BCUT2D eigenvalue weighted by atomic mass is 10.1. The van der Waals surface area contributed by atoms with Crippen molar-refractivity contribution >= 4 is 23.5 Å². The fraction of sp³-hybridized carbons (Fsp3) is 0.167. The van der Waals surface area contributed by atoms with E-state index in [1.54, 1.807) is 36.4 Å². The maximum atomic E-state index is 12.6. The van der Waals surface area contributed by atoms with Crippen molar-refractivity contribution in [3.63, 3.8) is 0 Å². The maximum absolute atomic E-state index is 12.6. The summed E-state index contributed by atoms with van der Waals surface area (Å²) in [7, 11) is 0. The summed E-state index contributed by atoms with van der Waals surface area (Å²) in [4.78, 5) is 41.5. The molecule has 0 unspecified atom stereocenters. The summed E-state index contributed by atoms with van der Waals surface area (Å²) in [6.45, 7) is 2.08. The van der Waals surface area contributed by atoms with Crippen LogP contribution in [0.25, 0.3) is 0 Å². The number of anilines is 1. The van der Waals surface area contributed by atoms with Crippen LogP contribution in [0.15, 0.2) is 72.9 Å². The SMILES string of the molecule is C[C@H](Oc1ccc(C(=O)Nc2cccc(CN3C(=O)CNC3=O)c2)cn1)c1ccccc1. The number of imide groups is 1. The van der Waals surface area contributed by atoms with Crippen LogP contribution in [0, 0.1) is 0 Å². The maximum Gasteiger partial charge on any atom is 0.324 e. The summed E-state index contributed by atoms with van der Waals surface area (Å²) in [5.41, 5.74) is 2.69. The fourth-order valence-corrected chi connectivity index (χ4v) is 3.31. The van der Waals surface area contributed by atoms with Crippen LogP contribution in [0.2, 0.25) is 0 Å². The first-order valence-corrected chi connectivity index (χ1v) is 10.2. The van der Waals surface area contributed by atoms with Gasteiger partial charge in [-0.05, 0) is 36.2 Å². The lowest BCUT2D eigenvalue weighted by molar-refractivity contribution is -0.125. The predicted octanol–water partition coefficient (Wildman–Crippen LogP) is 3.53. The Hall–Kier alpha value is -4.20. The molecule has 1 aliphatic rings. The number of amides is 4. The molecule has 2 heterocycles. The Labute approximate surface area is 185 Å². The molecule has 1 atom stereocenters. The standard InChI is InChI=1S/C24H22N4O4/c1-16(18-7-3-2-4-8-18)32-21-11-10-19(13-25-21)23(30)27-20-9-5-6-17(12-20)15-28-22(29)14-26-24(28)31/h2-13,16H,14-15H2,1H3,(H,26,31)(H,27,30)/t16-/m0/s1. The Kier molecular flexibility index (Phi) is 6.12. The Morgan fingerprint density at radius 2 is 1.94 bits per heavy atom. The highest BCUT2D eigenvalue weighted by Crippen LogP contribution is 2.20. The Morgan fingerprint density at radius 1 is 1.12 bits per heavy atom. The smallest absolute Gasteiger partial charge is 0.324 e. The minimum Gasteiger partial charge on any atom is -0.470 e. The van der Waals surface area contributed by atoms with E-state index >= 15 is 0 Å². The van der Waals surface area contributed by atoms with Crippen LogP contribution in [0.3, 0.4) is 0 Å². The van der Waals surface area contributed by atoms with E-state index < -0.39 is 6.03 Å². The van der Waals surface area contributed by atoms with Crippen molar-refractivity contribution in [1.82, 2.24) is 15.2 Å². The number of urea groups is 1. The van der Waals surface area contributed by atoms with Crippen molar-refractivity contribution in [3.05, 3.63) is 89.6 Å². The van der Waals surface area contributed by atoms with Gasteiger partial charge in [-0.15, -0.1) is 0 Å². The second-order valence-electron chi connectivity index (χ2n) is 7.35. The van der Waals surface area contributed by atoms with Crippen LogP contribution in [-0.2, 0) is 11.3 Å². The molecule has 0 spiro atoms. The zero-order valence-electron chi connectivity index (χ0n) is 17.4. The number of hydrogen-bond donors (Lipinski definition) is 2. The van der Waals surface area contributed by atoms with Gasteiger partial charge in [0.2, 0.25) is 11.8 Å². The van der Waals surface area contributed by atoms with Crippen LogP contribution in [0.4, 0.5) is 10.5 Å². The van der Waals surface area contributed by atoms with E-state index in [2.05, 4.69) is 15.6 Å². The summed E-state index contributed by atoms with van der Waals surface area (Å²) in [6.07, 6.45) is 1.29. The van der Waals surface area contributed by atoms with Crippen molar-refractivity contribution in [3.8, 4) is 5.88 Å². The molecule has 4 amide bonds.